The zero-order chi connectivity index (χ0) is 4.28. The number of rotatable bonds is 1. The standard InChI is InChI=1S/C3H8BrN/c1-5(2)3-4/h3H2,1-2H3/p+1. The lowest BCUT2D eigenvalue weighted by molar-refractivity contribution is -0.842. The van der Waals surface area contributed by atoms with Crippen molar-refractivity contribution >= 4 is 15.9 Å². The zero-order valence-electron chi connectivity index (χ0n) is 3.59. The predicted octanol–water partition coefficient (Wildman–Crippen LogP) is -0.517. The first-order chi connectivity index (χ1) is 2.27. The lowest BCUT2D eigenvalue weighted by Crippen LogP contribution is -3.04. The highest BCUT2D eigenvalue weighted by Crippen LogP contribution is 1.58. The van der Waals surface area contributed by atoms with E-state index in [1.54, 1.807) is 0 Å². The molecule has 0 radical (unpaired) electrons. The fourth-order valence-electron chi connectivity index (χ4n) is 0. The molecule has 0 fully saturated rings. The molecule has 0 aliphatic heterocycles. The number of halogens is 1. The van der Waals surface area contributed by atoms with Crippen molar-refractivity contribution in [2.45, 2.75) is 0 Å². The van der Waals surface area contributed by atoms with E-state index >= 15 is 0 Å². The summed E-state index contributed by atoms with van der Waals surface area (Å²) in [5.41, 5.74) is 1.03. The molecule has 0 aliphatic carbocycles. The molecule has 0 aliphatic rings. The van der Waals surface area contributed by atoms with E-state index in [1.807, 2.05) is 0 Å². The molecule has 0 spiro atoms. The summed E-state index contributed by atoms with van der Waals surface area (Å²) in [5, 5.41) is 0. The van der Waals surface area contributed by atoms with E-state index in [1.165, 1.54) is 4.90 Å². The molecule has 2 heteroatoms. The van der Waals surface area contributed by atoms with Gasteiger partial charge >= 0.3 is 0 Å². The van der Waals surface area contributed by atoms with Gasteiger partial charge in [0.15, 0.2) is 0 Å². The molecule has 1 N–H and O–H groups in total. The largest absolute Gasteiger partial charge is 0.331 e. The molecule has 0 aromatic carbocycles. The van der Waals surface area contributed by atoms with Crippen molar-refractivity contribution in [3.63, 3.8) is 0 Å². The maximum Gasteiger partial charge on any atom is 0.132 e. The van der Waals surface area contributed by atoms with E-state index in [0.29, 0.717) is 0 Å². The summed E-state index contributed by atoms with van der Waals surface area (Å²) in [6.45, 7) is 0. The van der Waals surface area contributed by atoms with E-state index in [-0.39, 0.29) is 0 Å². The van der Waals surface area contributed by atoms with Crippen LogP contribution in [-0.2, 0) is 0 Å². The van der Waals surface area contributed by atoms with Crippen LogP contribution in [0.15, 0.2) is 0 Å². The molecule has 0 atom stereocenters. The third kappa shape index (κ3) is 4.44. The summed E-state index contributed by atoms with van der Waals surface area (Å²) in [6.07, 6.45) is 0. The fraction of sp³-hybridized carbons (Fsp3) is 1.00. The molecule has 0 amide bonds. The van der Waals surface area contributed by atoms with Crippen LogP contribution in [0.4, 0.5) is 0 Å². The van der Waals surface area contributed by atoms with Gasteiger partial charge in [-0.15, -0.1) is 0 Å². The Bertz CT molecular complexity index is 20.9. The van der Waals surface area contributed by atoms with Gasteiger partial charge in [-0.05, 0) is 15.9 Å². The summed E-state index contributed by atoms with van der Waals surface area (Å²) in [6, 6.07) is 0. The van der Waals surface area contributed by atoms with Crippen LogP contribution in [0.2, 0.25) is 0 Å². The molecule has 0 aromatic rings. The van der Waals surface area contributed by atoms with Crippen LogP contribution in [-0.4, -0.2) is 19.5 Å². The quantitative estimate of drug-likeness (QED) is 0.368. The summed E-state index contributed by atoms with van der Waals surface area (Å²) < 4.78 is 0. The Morgan fingerprint density at radius 2 is 1.80 bits per heavy atom. The minimum atomic E-state index is 1.03. The minimum Gasteiger partial charge on any atom is -0.331 e. The molecule has 0 unspecified atom stereocenters. The lowest BCUT2D eigenvalue weighted by Gasteiger charge is -1.96. The van der Waals surface area contributed by atoms with Crippen LogP contribution < -0.4 is 4.90 Å². The number of nitrogens with one attached hydrogen (secondary N) is 1. The highest BCUT2D eigenvalue weighted by Gasteiger charge is 1.77. The smallest absolute Gasteiger partial charge is 0.132 e. The molecule has 0 bridgehead atoms. The first kappa shape index (κ1) is 5.44. The van der Waals surface area contributed by atoms with Crippen LogP contribution in [0.25, 0.3) is 0 Å². The average molecular weight is 139 g/mol. The topological polar surface area (TPSA) is 4.44 Å². The molecule has 1 nitrogen and oxygen atoms in total. The Kier molecular flexibility index (Phi) is 2.90. The monoisotopic (exact) mass is 138 g/mol. The third-order valence-corrected chi connectivity index (χ3v) is 1.39. The number of hydrogen-bond donors (Lipinski definition) is 1. The highest BCUT2D eigenvalue weighted by molar-refractivity contribution is 9.09. The van der Waals surface area contributed by atoms with E-state index in [0.717, 1.165) is 5.45 Å². The Morgan fingerprint density at radius 3 is 1.80 bits per heavy atom. The molecule has 0 heterocycles. The van der Waals surface area contributed by atoms with Crippen molar-refractivity contribution in [1.29, 1.82) is 0 Å². The van der Waals surface area contributed by atoms with Crippen molar-refractivity contribution in [3.8, 4) is 0 Å². The lowest BCUT2D eigenvalue weighted by atomic mass is 11.0. The molecule has 5 heavy (non-hydrogen) atoms. The van der Waals surface area contributed by atoms with Gasteiger partial charge in [-0.2, -0.15) is 0 Å². The average Bonchev–Trinajstić information content (AvgIpc) is 1.38. The van der Waals surface area contributed by atoms with Gasteiger partial charge in [-0.1, -0.05) is 0 Å². The molecule has 0 aromatic heterocycles. The van der Waals surface area contributed by atoms with Gasteiger partial charge in [0, 0.05) is 0 Å². The fourth-order valence-corrected chi connectivity index (χ4v) is 0. The summed E-state index contributed by atoms with van der Waals surface area (Å²) in [7, 11) is 4.18. The van der Waals surface area contributed by atoms with Crippen molar-refractivity contribution < 1.29 is 4.90 Å². The number of hydrogen-bond acceptors (Lipinski definition) is 0. The Hall–Kier alpha value is 0.440. The molecule has 0 saturated heterocycles. The van der Waals surface area contributed by atoms with Crippen molar-refractivity contribution in [3.05, 3.63) is 0 Å². The van der Waals surface area contributed by atoms with E-state index in [2.05, 4.69) is 30.0 Å². The maximum absolute atomic E-state index is 3.28. The number of quaternary nitrogens is 1. The van der Waals surface area contributed by atoms with Crippen LogP contribution in [0.5, 0.6) is 0 Å². The van der Waals surface area contributed by atoms with Crippen LogP contribution in [0.1, 0.15) is 0 Å². The highest BCUT2D eigenvalue weighted by atomic mass is 79.9. The SMILES string of the molecule is C[NH+](C)CBr. The van der Waals surface area contributed by atoms with E-state index < -0.39 is 0 Å². The molecular formula is C3H9BrN+. The summed E-state index contributed by atoms with van der Waals surface area (Å²) in [4.78, 5) is 1.42. The second-order valence-corrected chi connectivity index (χ2v) is 1.90. The molecule has 0 rings (SSSR count). The first-order valence-corrected chi connectivity index (χ1v) is 2.74. The molecule has 32 valence electrons. The van der Waals surface area contributed by atoms with Gasteiger partial charge < -0.3 is 4.90 Å². The Morgan fingerprint density at radius 1 is 1.60 bits per heavy atom. The van der Waals surface area contributed by atoms with Gasteiger partial charge in [0.05, 0.1) is 14.1 Å². The van der Waals surface area contributed by atoms with Crippen LogP contribution in [0.3, 0.4) is 0 Å². The van der Waals surface area contributed by atoms with Crippen molar-refractivity contribution in [1.82, 2.24) is 0 Å². The Balaban J connectivity index is 2.54. The van der Waals surface area contributed by atoms with Gasteiger partial charge in [-0.25, -0.2) is 0 Å². The minimum absolute atomic E-state index is 1.03. The maximum atomic E-state index is 3.28. The zero-order valence-corrected chi connectivity index (χ0v) is 5.17. The normalized spacial score (nSPS) is 9.60. The first-order valence-electron chi connectivity index (χ1n) is 1.62. The molecular weight excluding hydrogens is 130 g/mol. The van der Waals surface area contributed by atoms with Gasteiger partial charge in [0.1, 0.15) is 5.45 Å². The van der Waals surface area contributed by atoms with Crippen molar-refractivity contribution in [2.75, 3.05) is 19.5 Å². The van der Waals surface area contributed by atoms with Crippen molar-refractivity contribution in [2.24, 2.45) is 0 Å². The van der Waals surface area contributed by atoms with Gasteiger partial charge in [0.2, 0.25) is 0 Å². The molecule has 0 saturated carbocycles. The third-order valence-electron chi connectivity index (χ3n) is 0.267. The van der Waals surface area contributed by atoms with E-state index in [4.69, 9.17) is 0 Å². The van der Waals surface area contributed by atoms with E-state index in [9.17, 15) is 0 Å². The summed E-state index contributed by atoms with van der Waals surface area (Å²) >= 11 is 3.28. The predicted molar refractivity (Wildman–Crippen MR) is 26.6 cm³/mol. The van der Waals surface area contributed by atoms with Crippen LogP contribution in [0, 0.1) is 0 Å². The Labute approximate surface area is 41.1 Å². The van der Waals surface area contributed by atoms with Gasteiger partial charge in [0.25, 0.3) is 0 Å². The van der Waals surface area contributed by atoms with Crippen LogP contribution >= 0.6 is 15.9 Å². The number of alkyl halides is 1. The second kappa shape index (κ2) is 2.67. The van der Waals surface area contributed by atoms with Gasteiger partial charge in [-0.3, -0.25) is 0 Å². The second-order valence-electron chi connectivity index (χ2n) is 1.34. The summed E-state index contributed by atoms with van der Waals surface area (Å²) in [5.74, 6) is 0.